The summed E-state index contributed by atoms with van der Waals surface area (Å²) < 4.78 is 23.1. The molecule has 0 radical (unpaired) electrons. The summed E-state index contributed by atoms with van der Waals surface area (Å²) in [6.07, 6.45) is 1.21. The number of aliphatic imine (C=N–C) groups is 1. The Kier molecular flexibility index (Phi) is 5.56. The number of nitrogens with two attached hydrogens (primary N) is 1. The molecule has 0 atom stereocenters. The average molecular weight is 297 g/mol. The van der Waals surface area contributed by atoms with Crippen molar-refractivity contribution >= 4 is 15.8 Å². The maximum atomic E-state index is 11.5. The molecule has 6 heteroatoms. The van der Waals surface area contributed by atoms with E-state index in [1.165, 1.54) is 6.26 Å². The smallest absolute Gasteiger partial charge is 0.191 e. The fourth-order valence-corrected chi connectivity index (χ4v) is 3.00. The minimum atomic E-state index is -3.17. The van der Waals surface area contributed by atoms with Crippen LogP contribution in [0.15, 0.2) is 28.1 Å². The molecule has 112 valence electrons. The van der Waals surface area contributed by atoms with Crippen LogP contribution in [-0.2, 0) is 16.4 Å². The van der Waals surface area contributed by atoms with E-state index in [4.69, 9.17) is 5.73 Å². The van der Waals surface area contributed by atoms with Crippen molar-refractivity contribution in [3.05, 3.63) is 29.3 Å². The zero-order valence-electron chi connectivity index (χ0n) is 12.5. The van der Waals surface area contributed by atoms with Gasteiger partial charge in [-0.05, 0) is 38.0 Å². The molecule has 0 aliphatic carbocycles. The summed E-state index contributed by atoms with van der Waals surface area (Å²) in [4.78, 5) is 6.67. The first-order valence-electron chi connectivity index (χ1n) is 6.64. The Balaban J connectivity index is 2.91. The van der Waals surface area contributed by atoms with Crippen molar-refractivity contribution in [3.8, 4) is 0 Å². The fourth-order valence-electron chi connectivity index (χ4n) is 2.05. The van der Waals surface area contributed by atoms with Gasteiger partial charge >= 0.3 is 0 Å². The van der Waals surface area contributed by atoms with Crippen LogP contribution in [0.1, 0.15) is 25.0 Å². The second kappa shape index (κ2) is 6.74. The third-order valence-electron chi connectivity index (χ3n) is 3.15. The van der Waals surface area contributed by atoms with E-state index < -0.39 is 9.84 Å². The lowest BCUT2D eigenvalue weighted by Crippen LogP contribution is -2.37. The first kappa shape index (κ1) is 16.5. The van der Waals surface area contributed by atoms with E-state index >= 15 is 0 Å². The molecular weight excluding hydrogens is 274 g/mol. The predicted octanol–water partition coefficient (Wildman–Crippen LogP) is 1.56. The van der Waals surface area contributed by atoms with Crippen LogP contribution in [0.2, 0.25) is 0 Å². The van der Waals surface area contributed by atoms with E-state index in [0.29, 0.717) is 17.4 Å². The molecule has 20 heavy (non-hydrogen) atoms. The lowest BCUT2D eigenvalue weighted by molar-refractivity contribution is 0.458. The van der Waals surface area contributed by atoms with Gasteiger partial charge in [-0.1, -0.05) is 12.1 Å². The molecule has 0 aromatic heterocycles. The minimum Gasteiger partial charge on any atom is -0.370 e. The van der Waals surface area contributed by atoms with Crippen LogP contribution < -0.4 is 5.73 Å². The van der Waals surface area contributed by atoms with Gasteiger partial charge in [0, 0.05) is 19.3 Å². The van der Waals surface area contributed by atoms with E-state index in [-0.39, 0.29) is 0 Å². The minimum absolute atomic E-state index is 0.363. The summed E-state index contributed by atoms with van der Waals surface area (Å²) in [7, 11) is -3.17. The van der Waals surface area contributed by atoms with Gasteiger partial charge in [-0.2, -0.15) is 0 Å². The third-order valence-corrected chi connectivity index (χ3v) is 4.41. The highest BCUT2D eigenvalue weighted by Gasteiger charge is 2.10. The Bertz CT molecular complexity index is 590. The van der Waals surface area contributed by atoms with Gasteiger partial charge in [-0.3, -0.25) is 0 Å². The van der Waals surface area contributed by atoms with Crippen LogP contribution in [0.5, 0.6) is 0 Å². The van der Waals surface area contributed by atoms with Crippen molar-refractivity contribution in [3.63, 3.8) is 0 Å². The first-order chi connectivity index (χ1) is 9.29. The monoisotopic (exact) mass is 297 g/mol. The van der Waals surface area contributed by atoms with Crippen molar-refractivity contribution in [1.82, 2.24) is 4.90 Å². The van der Waals surface area contributed by atoms with Gasteiger partial charge in [-0.25, -0.2) is 13.4 Å². The summed E-state index contributed by atoms with van der Waals surface area (Å²) >= 11 is 0. The van der Waals surface area contributed by atoms with Gasteiger partial charge < -0.3 is 10.6 Å². The van der Waals surface area contributed by atoms with E-state index in [0.717, 1.165) is 24.2 Å². The van der Waals surface area contributed by atoms with Gasteiger partial charge in [0.05, 0.1) is 11.4 Å². The zero-order chi connectivity index (χ0) is 15.3. The highest BCUT2D eigenvalue weighted by Crippen LogP contribution is 2.17. The molecule has 0 saturated heterocycles. The molecular formula is C14H23N3O2S. The van der Waals surface area contributed by atoms with Crippen LogP contribution in [-0.4, -0.2) is 38.6 Å². The molecule has 0 amide bonds. The Labute approximate surface area is 121 Å². The topological polar surface area (TPSA) is 75.8 Å². The number of aryl methyl sites for hydroxylation is 1. The zero-order valence-corrected chi connectivity index (χ0v) is 13.4. The largest absolute Gasteiger partial charge is 0.370 e. The number of nitrogens with zero attached hydrogens (tertiary/aromatic N) is 2. The molecule has 0 aliphatic rings. The number of rotatable bonds is 5. The molecule has 1 aromatic rings. The summed E-state index contributed by atoms with van der Waals surface area (Å²) in [5.74, 6) is 0.514. The van der Waals surface area contributed by atoms with E-state index in [9.17, 15) is 8.42 Å². The van der Waals surface area contributed by atoms with E-state index in [1.807, 2.05) is 24.8 Å². The van der Waals surface area contributed by atoms with Crippen molar-refractivity contribution < 1.29 is 8.42 Å². The number of guanidine groups is 1. The highest BCUT2D eigenvalue weighted by atomic mass is 32.2. The summed E-state index contributed by atoms with van der Waals surface area (Å²) in [5, 5.41) is 0. The van der Waals surface area contributed by atoms with E-state index in [2.05, 4.69) is 4.99 Å². The Morgan fingerprint density at radius 2 is 1.90 bits per heavy atom. The maximum Gasteiger partial charge on any atom is 0.191 e. The van der Waals surface area contributed by atoms with Gasteiger partial charge in [0.2, 0.25) is 0 Å². The van der Waals surface area contributed by atoms with Crippen molar-refractivity contribution in [2.45, 2.75) is 32.2 Å². The SMILES string of the molecule is CCN(CC)C(N)=NCc1ccc(S(C)(=O)=O)c(C)c1. The molecule has 0 saturated carbocycles. The molecule has 2 N–H and O–H groups in total. The lowest BCUT2D eigenvalue weighted by Gasteiger charge is -2.19. The molecule has 0 spiro atoms. The standard InChI is InChI=1S/C14H23N3O2S/c1-5-17(6-2)14(15)16-10-12-7-8-13(11(3)9-12)20(4,18)19/h7-9H,5-6,10H2,1-4H3,(H2,15,16). The molecule has 0 unspecified atom stereocenters. The third kappa shape index (κ3) is 4.23. The van der Waals surface area contributed by atoms with Crippen LogP contribution in [0, 0.1) is 6.92 Å². The lowest BCUT2D eigenvalue weighted by atomic mass is 10.1. The molecule has 0 aliphatic heterocycles. The molecule has 1 rings (SSSR count). The second-order valence-corrected chi connectivity index (χ2v) is 6.70. The molecule has 0 bridgehead atoms. The van der Waals surface area contributed by atoms with Crippen molar-refractivity contribution in [2.24, 2.45) is 10.7 Å². The predicted molar refractivity (Wildman–Crippen MR) is 82.5 cm³/mol. The van der Waals surface area contributed by atoms with Crippen molar-refractivity contribution in [2.75, 3.05) is 19.3 Å². The number of hydrogen-bond donors (Lipinski definition) is 1. The normalized spacial score (nSPS) is 12.5. The van der Waals surface area contributed by atoms with Crippen LogP contribution in [0.25, 0.3) is 0 Å². The molecule has 1 aromatic carbocycles. The van der Waals surface area contributed by atoms with Crippen molar-refractivity contribution in [1.29, 1.82) is 0 Å². The number of sulfone groups is 1. The Morgan fingerprint density at radius 3 is 2.35 bits per heavy atom. The maximum absolute atomic E-state index is 11.5. The highest BCUT2D eigenvalue weighted by molar-refractivity contribution is 7.90. The van der Waals surface area contributed by atoms with Gasteiger partial charge in [0.15, 0.2) is 15.8 Å². The Morgan fingerprint density at radius 1 is 1.30 bits per heavy atom. The number of benzene rings is 1. The van der Waals surface area contributed by atoms with Crippen LogP contribution >= 0.6 is 0 Å². The second-order valence-electron chi connectivity index (χ2n) is 4.72. The summed E-state index contributed by atoms with van der Waals surface area (Å²) in [6, 6.07) is 5.25. The Hall–Kier alpha value is -1.56. The molecule has 0 heterocycles. The first-order valence-corrected chi connectivity index (χ1v) is 8.53. The van der Waals surface area contributed by atoms with Gasteiger partial charge in [0.25, 0.3) is 0 Å². The fraction of sp³-hybridized carbons (Fsp3) is 0.500. The van der Waals surface area contributed by atoms with Crippen LogP contribution in [0.3, 0.4) is 0 Å². The summed E-state index contributed by atoms with van der Waals surface area (Å²) in [6.45, 7) is 7.92. The van der Waals surface area contributed by atoms with Gasteiger partial charge in [-0.15, -0.1) is 0 Å². The number of hydrogen-bond acceptors (Lipinski definition) is 3. The average Bonchev–Trinajstić information content (AvgIpc) is 2.36. The summed E-state index contributed by atoms with van der Waals surface area (Å²) in [5.41, 5.74) is 7.59. The van der Waals surface area contributed by atoms with Gasteiger partial charge in [0.1, 0.15) is 0 Å². The molecule has 0 fully saturated rings. The van der Waals surface area contributed by atoms with E-state index in [1.54, 1.807) is 19.1 Å². The van der Waals surface area contributed by atoms with Crippen LogP contribution in [0.4, 0.5) is 0 Å². The molecule has 5 nitrogen and oxygen atoms in total. The quantitative estimate of drug-likeness (QED) is 0.661.